The summed E-state index contributed by atoms with van der Waals surface area (Å²) in [6.07, 6.45) is -0.418. The van der Waals surface area contributed by atoms with Gasteiger partial charge in [-0.25, -0.2) is 4.79 Å². The third kappa shape index (κ3) is 2.97. The van der Waals surface area contributed by atoms with E-state index in [-0.39, 0.29) is 5.92 Å². The van der Waals surface area contributed by atoms with Crippen LogP contribution in [0.15, 0.2) is 66.7 Å². The number of rotatable bonds is 3. The molecule has 0 bridgehead atoms. The van der Waals surface area contributed by atoms with Gasteiger partial charge in [0, 0.05) is 11.6 Å². The van der Waals surface area contributed by atoms with Crippen molar-refractivity contribution in [3.8, 4) is 11.1 Å². The molecule has 3 nitrogen and oxygen atoms in total. The maximum atomic E-state index is 12.3. The predicted molar refractivity (Wildman–Crippen MR) is 105 cm³/mol. The minimum absolute atomic E-state index is 0.0762. The third-order valence-electron chi connectivity index (χ3n) is 4.96. The molecule has 0 aromatic heterocycles. The average Bonchev–Trinajstić information content (AvgIpc) is 2.96. The first-order chi connectivity index (χ1) is 12.6. The zero-order valence-electron chi connectivity index (χ0n) is 15.0. The van der Waals surface area contributed by atoms with Crippen LogP contribution in [0.1, 0.15) is 28.2 Å². The fourth-order valence-electron chi connectivity index (χ4n) is 3.70. The fourth-order valence-corrected chi connectivity index (χ4v) is 3.70. The summed E-state index contributed by atoms with van der Waals surface area (Å²) in [4.78, 5) is 12.3. The van der Waals surface area contributed by atoms with Crippen molar-refractivity contribution in [1.29, 1.82) is 0 Å². The van der Waals surface area contributed by atoms with E-state index >= 15 is 0 Å². The third-order valence-corrected chi connectivity index (χ3v) is 4.96. The zero-order valence-corrected chi connectivity index (χ0v) is 15.0. The Labute approximate surface area is 153 Å². The summed E-state index contributed by atoms with van der Waals surface area (Å²) in [5, 5.41) is 2.85. The number of amides is 1. The van der Waals surface area contributed by atoms with Crippen LogP contribution in [-0.4, -0.2) is 12.7 Å². The van der Waals surface area contributed by atoms with Gasteiger partial charge in [-0.05, 0) is 47.7 Å². The summed E-state index contributed by atoms with van der Waals surface area (Å²) >= 11 is 0. The summed E-state index contributed by atoms with van der Waals surface area (Å²) in [7, 11) is 0. The van der Waals surface area contributed by atoms with E-state index in [4.69, 9.17) is 4.74 Å². The molecule has 26 heavy (non-hydrogen) atoms. The van der Waals surface area contributed by atoms with Gasteiger partial charge in [-0.15, -0.1) is 0 Å². The molecular formula is C23H21NO2. The SMILES string of the molecule is Cc1ccc(NC(=O)OCC2c3ccccc3-c3ccccc32)c(C)c1. The van der Waals surface area contributed by atoms with Gasteiger partial charge in [-0.1, -0.05) is 66.2 Å². The van der Waals surface area contributed by atoms with Crippen molar-refractivity contribution < 1.29 is 9.53 Å². The lowest BCUT2D eigenvalue weighted by atomic mass is 9.98. The highest BCUT2D eigenvalue weighted by Gasteiger charge is 2.28. The molecule has 0 radical (unpaired) electrons. The largest absolute Gasteiger partial charge is 0.448 e. The molecule has 1 aliphatic rings. The van der Waals surface area contributed by atoms with Crippen LogP contribution in [0.2, 0.25) is 0 Å². The maximum Gasteiger partial charge on any atom is 0.411 e. The number of ether oxygens (including phenoxy) is 1. The Balaban J connectivity index is 1.50. The summed E-state index contributed by atoms with van der Waals surface area (Å²) in [5.74, 6) is 0.0762. The van der Waals surface area contributed by atoms with E-state index in [1.54, 1.807) is 0 Å². The lowest BCUT2D eigenvalue weighted by molar-refractivity contribution is 0.158. The molecule has 0 fully saturated rings. The van der Waals surface area contributed by atoms with Crippen LogP contribution in [0.3, 0.4) is 0 Å². The molecule has 0 unspecified atom stereocenters. The number of aryl methyl sites for hydroxylation is 2. The van der Waals surface area contributed by atoms with E-state index in [0.717, 1.165) is 11.3 Å². The number of carbonyl (C=O) groups excluding carboxylic acids is 1. The Bertz CT molecular complexity index is 932. The van der Waals surface area contributed by atoms with E-state index in [1.165, 1.54) is 27.8 Å². The van der Waals surface area contributed by atoms with Crippen molar-refractivity contribution >= 4 is 11.8 Å². The summed E-state index contributed by atoms with van der Waals surface area (Å²) in [6.45, 7) is 4.33. The second-order valence-electron chi connectivity index (χ2n) is 6.77. The molecule has 1 aliphatic carbocycles. The van der Waals surface area contributed by atoms with Gasteiger partial charge >= 0.3 is 6.09 Å². The highest BCUT2D eigenvalue weighted by molar-refractivity contribution is 5.86. The minimum Gasteiger partial charge on any atom is -0.448 e. The molecule has 3 aromatic rings. The van der Waals surface area contributed by atoms with E-state index in [9.17, 15) is 4.79 Å². The van der Waals surface area contributed by atoms with Crippen LogP contribution >= 0.6 is 0 Å². The number of fused-ring (bicyclic) bond motifs is 3. The van der Waals surface area contributed by atoms with Crippen LogP contribution < -0.4 is 5.32 Å². The number of hydrogen-bond acceptors (Lipinski definition) is 2. The summed E-state index contributed by atoms with van der Waals surface area (Å²) in [6, 6.07) is 22.6. The Morgan fingerprint density at radius 3 is 2.15 bits per heavy atom. The molecule has 0 heterocycles. The highest BCUT2D eigenvalue weighted by Crippen LogP contribution is 2.44. The van der Waals surface area contributed by atoms with E-state index in [0.29, 0.717) is 6.61 Å². The van der Waals surface area contributed by atoms with Gasteiger partial charge in [-0.3, -0.25) is 5.32 Å². The summed E-state index contributed by atoms with van der Waals surface area (Å²) < 4.78 is 5.58. The number of nitrogens with one attached hydrogen (secondary N) is 1. The molecule has 1 N–H and O–H groups in total. The van der Waals surface area contributed by atoms with Crippen molar-refractivity contribution in [3.05, 3.63) is 89.0 Å². The fraction of sp³-hybridized carbons (Fsp3) is 0.174. The predicted octanol–water partition coefficient (Wildman–Crippen LogP) is 5.66. The first-order valence-electron chi connectivity index (χ1n) is 8.83. The highest BCUT2D eigenvalue weighted by atomic mass is 16.5. The molecule has 0 spiro atoms. The first kappa shape index (κ1) is 16.4. The number of hydrogen-bond donors (Lipinski definition) is 1. The quantitative estimate of drug-likeness (QED) is 0.666. The van der Waals surface area contributed by atoms with Crippen molar-refractivity contribution in [1.82, 2.24) is 0 Å². The van der Waals surface area contributed by atoms with Gasteiger partial charge in [0.15, 0.2) is 0 Å². The van der Waals surface area contributed by atoms with Crippen molar-refractivity contribution in [2.45, 2.75) is 19.8 Å². The zero-order chi connectivity index (χ0) is 18.1. The van der Waals surface area contributed by atoms with Crippen LogP contribution in [0, 0.1) is 13.8 Å². The molecule has 0 aliphatic heterocycles. The molecule has 130 valence electrons. The second kappa shape index (κ2) is 6.68. The van der Waals surface area contributed by atoms with Crippen LogP contribution in [0.25, 0.3) is 11.1 Å². The second-order valence-corrected chi connectivity index (χ2v) is 6.77. The standard InChI is InChI=1S/C23H21NO2/c1-15-11-12-22(16(2)13-15)24-23(25)26-14-21-19-9-5-3-7-17(19)18-8-4-6-10-20(18)21/h3-13,21H,14H2,1-2H3,(H,24,25). The van der Waals surface area contributed by atoms with Gasteiger partial charge in [0.2, 0.25) is 0 Å². The van der Waals surface area contributed by atoms with Crippen molar-refractivity contribution in [2.24, 2.45) is 0 Å². The Hall–Kier alpha value is -3.07. The van der Waals surface area contributed by atoms with Gasteiger partial charge in [0.05, 0.1) is 0 Å². The van der Waals surface area contributed by atoms with Gasteiger partial charge < -0.3 is 4.74 Å². The molecule has 0 saturated carbocycles. The monoisotopic (exact) mass is 343 g/mol. The maximum absolute atomic E-state index is 12.3. The number of anilines is 1. The van der Waals surface area contributed by atoms with E-state index in [1.807, 2.05) is 56.3 Å². The van der Waals surface area contributed by atoms with E-state index < -0.39 is 6.09 Å². The van der Waals surface area contributed by atoms with Crippen LogP contribution in [0.5, 0.6) is 0 Å². The lowest BCUT2D eigenvalue weighted by Crippen LogP contribution is -2.18. The number of benzene rings is 3. The molecule has 3 aromatic carbocycles. The molecular weight excluding hydrogens is 322 g/mol. The smallest absolute Gasteiger partial charge is 0.411 e. The average molecular weight is 343 g/mol. The van der Waals surface area contributed by atoms with Crippen LogP contribution in [-0.2, 0) is 4.74 Å². The van der Waals surface area contributed by atoms with Gasteiger partial charge in [0.25, 0.3) is 0 Å². The van der Waals surface area contributed by atoms with Gasteiger partial charge in [-0.2, -0.15) is 0 Å². The van der Waals surface area contributed by atoms with Crippen molar-refractivity contribution in [2.75, 3.05) is 11.9 Å². The summed E-state index contributed by atoms with van der Waals surface area (Å²) in [5.41, 5.74) is 7.87. The molecule has 0 saturated heterocycles. The topological polar surface area (TPSA) is 38.3 Å². The Morgan fingerprint density at radius 1 is 0.923 bits per heavy atom. The molecule has 1 amide bonds. The molecule has 0 atom stereocenters. The molecule has 4 rings (SSSR count). The normalized spacial score (nSPS) is 12.4. The Kier molecular flexibility index (Phi) is 4.21. The van der Waals surface area contributed by atoms with E-state index in [2.05, 4.69) is 29.6 Å². The van der Waals surface area contributed by atoms with Gasteiger partial charge in [0.1, 0.15) is 6.61 Å². The minimum atomic E-state index is -0.418. The van der Waals surface area contributed by atoms with Crippen molar-refractivity contribution in [3.63, 3.8) is 0 Å². The van der Waals surface area contributed by atoms with Crippen LogP contribution in [0.4, 0.5) is 10.5 Å². The number of carbonyl (C=O) groups is 1. The first-order valence-corrected chi connectivity index (χ1v) is 8.83. The Morgan fingerprint density at radius 2 is 1.54 bits per heavy atom. The lowest BCUT2D eigenvalue weighted by Gasteiger charge is -2.15. The molecule has 3 heteroatoms.